The van der Waals surface area contributed by atoms with E-state index < -0.39 is 10.0 Å². The molecule has 2 N–H and O–H groups in total. The fraction of sp³-hybridized carbons (Fsp3) is 0.433. The van der Waals surface area contributed by atoms with Crippen molar-refractivity contribution in [1.29, 1.82) is 0 Å². The van der Waals surface area contributed by atoms with E-state index in [2.05, 4.69) is 24.9 Å². The van der Waals surface area contributed by atoms with Crippen LogP contribution in [0.25, 0.3) is 22.2 Å². The SMILES string of the molecule is CC(=O)c1[nH]c2ccc(F)cc2c1-c1cn(CC2CCN(CCNS(=O)(=O)c3ccc(CC4CC4)cc3)CC2)nn1. The minimum Gasteiger partial charge on any atom is -0.352 e. The Balaban J connectivity index is 0.999. The van der Waals surface area contributed by atoms with Crippen LogP contribution in [0.2, 0.25) is 0 Å². The highest BCUT2D eigenvalue weighted by molar-refractivity contribution is 7.89. The lowest BCUT2D eigenvalue weighted by Crippen LogP contribution is -2.40. The molecule has 0 atom stereocenters. The third-order valence-electron chi connectivity index (χ3n) is 8.23. The third kappa shape index (κ3) is 6.42. The second-order valence-corrected chi connectivity index (χ2v) is 13.2. The van der Waals surface area contributed by atoms with Crippen molar-refractivity contribution >= 4 is 26.7 Å². The average molecular weight is 579 g/mol. The molecule has 1 aliphatic carbocycles. The van der Waals surface area contributed by atoms with Gasteiger partial charge in [-0.25, -0.2) is 17.5 Å². The van der Waals surface area contributed by atoms with Crippen LogP contribution in [0.1, 0.15) is 48.7 Å². The van der Waals surface area contributed by atoms with Crippen molar-refractivity contribution < 1.29 is 17.6 Å². The van der Waals surface area contributed by atoms with Gasteiger partial charge in [-0.15, -0.1) is 5.10 Å². The fourth-order valence-corrected chi connectivity index (χ4v) is 6.76. The highest BCUT2D eigenvalue weighted by Crippen LogP contribution is 2.33. The smallest absolute Gasteiger partial charge is 0.240 e. The van der Waals surface area contributed by atoms with Crippen LogP contribution in [0.3, 0.4) is 0 Å². The van der Waals surface area contributed by atoms with E-state index >= 15 is 0 Å². The van der Waals surface area contributed by atoms with Crippen molar-refractivity contribution in [2.75, 3.05) is 26.2 Å². The average Bonchev–Trinajstić information content (AvgIpc) is 3.51. The first-order valence-corrected chi connectivity index (χ1v) is 15.8. The number of likely N-dealkylation sites (tertiary alicyclic amines) is 1. The molecule has 2 aliphatic rings. The van der Waals surface area contributed by atoms with Crippen LogP contribution in [0.4, 0.5) is 4.39 Å². The van der Waals surface area contributed by atoms with Crippen LogP contribution < -0.4 is 4.72 Å². The Morgan fingerprint density at radius 3 is 2.54 bits per heavy atom. The summed E-state index contributed by atoms with van der Waals surface area (Å²) in [5.41, 5.74) is 3.38. The first-order valence-electron chi connectivity index (χ1n) is 14.3. The number of Topliss-reactive ketones (excluding diaryl/α,β-unsaturated/α-hetero) is 1. The minimum atomic E-state index is -3.52. The van der Waals surface area contributed by atoms with Gasteiger partial charge >= 0.3 is 0 Å². The lowest BCUT2D eigenvalue weighted by Gasteiger charge is -2.31. The molecular formula is C30H35FN6O3S. The molecule has 0 unspecified atom stereocenters. The van der Waals surface area contributed by atoms with E-state index in [0.717, 1.165) is 38.3 Å². The Bertz CT molecular complexity index is 1650. The number of aromatic nitrogens is 4. The van der Waals surface area contributed by atoms with E-state index in [0.29, 0.717) is 58.3 Å². The molecule has 0 amide bonds. The molecule has 4 aromatic rings. The number of rotatable bonds is 11. The van der Waals surface area contributed by atoms with Gasteiger partial charge in [-0.05, 0) is 92.9 Å². The number of hydrogen-bond acceptors (Lipinski definition) is 6. The van der Waals surface area contributed by atoms with Crippen molar-refractivity contribution in [1.82, 2.24) is 29.6 Å². The molecule has 6 rings (SSSR count). The molecule has 11 heteroatoms. The predicted molar refractivity (Wildman–Crippen MR) is 154 cm³/mol. The molecule has 2 aromatic heterocycles. The maximum Gasteiger partial charge on any atom is 0.240 e. The topological polar surface area (TPSA) is 113 Å². The quantitative estimate of drug-likeness (QED) is 0.255. The van der Waals surface area contributed by atoms with Gasteiger partial charge < -0.3 is 9.88 Å². The van der Waals surface area contributed by atoms with E-state index in [4.69, 9.17) is 0 Å². The standard InChI is InChI=1S/C30H35FN6O3S/c1-20(38)30-29(26-17-24(31)6-9-27(26)33-30)28-19-37(35-34-28)18-23-10-13-36(14-11-23)15-12-32-41(39,40)25-7-4-22(5-8-25)16-21-2-3-21/h4-9,17,19,21,23,32-33H,2-3,10-16,18H2,1H3. The molecule has 0 spiro atoms. The van der Waals surface area contributed by atoms with Crippen LogP contribution in [0.5, 0.6) is 0 Å². The highest BCUT2D eigenvalue weighted by atomic mass is 32.2. The first kappa shape index (κ1) is 27.7. The second-order valence-electron chi connectivity index (χ2n) is 11.4. The maximum absolute atomic E-state index is 14.0. The first-order chi connectivity index (χ1) is 19.7. The van der Waals surface area contributed by atoms with E-state index in [-0.39, 0.29) is 11.6 Å². The number of nitrogens with zero attached hydrogens (tertiary/aromatic N) is 4. The number of aromatic amines is 1. The summed E-state index contributed by atoms with van der Waals surface area (Å²) < 4.78 is 44.0. The number of benzene rings is 2. The van der Waals surface area contributed by atoms with Gasteiger partial charge in [-0.1, -0.05) is 17.3 Å². The third-order valence-corrected chi connectivity index (χ3v) is 9.71. The second kappa shape index (κ2) is 11.5. The van der Waals surface area contributed by atoms with Gasteiger partial charge in [-0.3, -0.25) is 9.48 Å². The van der Waals surface area contributed by atoms with Crippen LogP contribution in [-0.2, 0) is 23.0 Å². The van der Waals surface area contributed by atoms with Crippen molar-refractivity contribution in [3.63, 3.8) is 0 Å². The van der Waals surface area contributed by atoms with E-state index in [1.807, 2.05) is 18.3 Å². The van der Waals surface area contributed by atoms with Gasteiger partial charge in [0.15, 0.2) is 5.78 Å². The maximum atomic E-state index is 14.0. The number of sulfonamides is 1. The van der Waals surface area contributed by atoms with Gasteiger partial charge in [0.2, 0.25) is 10.0 Å². The Morgan fingerprint density at radius 1 is 1.07 bits per heavy atom. The fourth-order valence-electron chi connectivity index (χ4n) is 5.74. The number of ketones is 1. The zero-order valence-corrected chi connectivity index (χ0v) is 24.0. The molecular weight excluding hydrogens is 543 g/mol. The number of fused-ring (bicyclic) bond motifs is 1. The summed E-state index contributed by atoms with van der Waals surface area (Å²) in [6, 6.07) is 11.7. The summed E-state index contributed by atoms with van der Waals surface area (Å²) in [6.07, 6.45) is 7.33. The van der Waals surface area contributed by atoms with Gasteiger partial charge in [0.25, 0.3) is 0 Å². The molecule has 1 saturated heterocycles. The Morgan fingerprint density at radius 2 is 1.83 bits per heavy atom. The van der Waals surface area contributed by atoms with Gasteiger partial charge in [0.1, 0.15) is 11.5 Å². The largest absolute Gasteiger partial charge is 0.352 e. The summed E-state index contributed by atoms with van der Waals surface area (Å²) in [7, 11) is -3.52. The molecule has 216 valence electrons. The highest BCUT2D eigenvalue weighted by Gasteiger charge is 2.24. The molecule has 1 aliphatic heterocycles. The number of H-pyrrole nitrogens is 1. The van der Waals surface area contributed by atoms with Gasteiger partial charge in [-0.2, -0.15) is 0 Å². The van der Waals surface area contributed by atoms with Crippen LogP contribution in [-0.4, -0.2) is 65.3 Å². The monoisotopic (exact) mass is 578 g/mol. The van der Waals surface area contributed by atoms with Gasteiger partial charge in [0.05, 0.1) is 16.8 Å². The number of carbonyl (C=O) groups is 1. The van der Waals surface area contributed by atoms with Crippen LogP contribution in [0.15, 0.2) is 53.6 Å². The Labute approximate surface area is 239 Å². The summed E-state index contributed by atoms with van der Waals surface area (Å²) in [4.78, 5) is 18.0. The molecule has 2 aromatic carbocycles. The summed E-state index contributed by atoms with van der Waals surface area (Å²) in [6.45, 7) is 4.94. The van der Waals surface area contributed by atoms with Crippen LogP contribution >= 0.6 is 0 Å². The number of carbonyl (C=O) groups excluding carboxylic acids is 1. The van der Waals surface area contributed by atoms with Crippen molar-refractivity contribution in [3.05, 3.63) is 65.7 Å². The lowest BCUT2D eigenvalue weighted by atomic mass is 9.97. The van der Waals surface area contributed by atoms with Crippen molar-refractivity contribution in [2.45, 2.75) is 50.5 Å². The molecule has 0 radical (unpaired) electrons. The number of halogens is 1. The molecule has 0 bridgehead atoms. The molecule has 2 fully saturated rings. The zero-order chi connectivity index (χ0) is 28.6. The summed E-state index contributed by atoms with van der Waals surface area (Å²) in [5.74, 6) is 0.645. The van der Waals surface area contributed by atoms with E-state index in [9.17, 15) is 17.6 Å². The zero-order valence-electron chi connectivity index (χ0n) is 23.1. The van der Waals surface area contributed by atoms with E-state index in [1.54, 1.807) is 22.9 Å². The lowest BCUT2D eigenvalue weighted by molar-refractivity contribution is 0.101. The number of nitrogens with one attached hydrogen (secondary N) is 2. The van der Waals surface area contributed by atoms with Crippen molar-refractivity contribution in [3.8, 4) is 11.3 Å². The molecule has 9 nitrogen and oxygen atoms in total. The number of hydrogen-bond donors (Lipinski definition) is 2. The Kier molecular flexibility index (Phi) is 7.76. The van der Waals surface area contributed by atoms with E-state index in [1.165, 1.54) is 37.5 Å². The molecule has 41 heavy (non-hydrogen) atoms. The molecule has 1 saturated carbocycles. The van der Waals surface area contributed by atoms with Crippen molar-refractivity contribution in [2.24, 2.45) is 11.8 Å². The summed E-state index contributed by atoms with van der Waals surface area (Å²) >= 11 is 0. The number of piperidine rings is 1. The minimum absolute atomic E-state index is 0.150. The van der Waals surface area contributed by atoms with Gasteiger partial charge in [0, 0.05) is 43.0 Å². The summed E-state index contributed by atoms with van der Waals surface area (Å²) in [5, 5.41) is 9.22. The Hall–Kier alpha value is -3.41. The molecule has 3 heterocycles. The van der Waals surface area contributed by atoms with Crippen LogP contribution in [0, 0.1) is 17.7 Å². The normalized spacial score (nSPS) is 16.9. The predicted octanol–water partition coefficient (Wildman–Crippen LogP) is 4.41.